The summed E-state index contributed by atoms with van der Waals surface area (Å²) >= 11 is 0. The molecule has 2 aromatic rings. The molecular weight excluding hydrogens is 308 g/mol. The summed E-state index contributed by atoms with van der Waals surface area (Å²) in [6, 6.07) is 9.69. The van der Waals surface area contributed by atoms with Crippen LogP contribution in [0, 0.1) is 0 Å². The van der Waals surface area contributed by atoms with E-state index in [1.54, 1.807) is 17.8 Å². The first kappa shape index (κ1) is 17.5. The van der Waals surface area contributed by atoms with Gasteiger partial charge >= 0.3 is 5.97 Å². The molecule has 6 nitrogen and oxygen atoms in total. The number of aliphatic carboxylic acids is 1. The van der Waals surface area contributed by atoms with Gasteiger partial charge in [-0.2, -0.15) is 0 Å². The molecule has 0 spiro atoms. The summed E-state index contributed by atoms with van der Waals surface area (Å²) in [5.74, 6) is -1.66. The van der Waals surface area contributed by atoms with Crippen molar-refractivity contribution in [3.8, 4) is 0 Å². The van der Waals surface area contributed by atoms with Crippen LogP contribution in [0.5, 0.6) is 0 Å². The van der Waals surface area contributed by atoms with Crippen LogP contribution in [0.2, 0.25) is 0 Å². The molecular formula is C18H20N2O4. The Labute approximate surface area is 140 Å². The van der Waals surface area contributed by atoms with Gasteiger partial charge in [0.1, 0.15) is 11.7 Å². The number of carbonyl (C=O) groups excluding carboxylic acids is 2. The van der Waals surface area contributed by atoms with Crippen LogP contribution in [0.15, 0.2) is 42.6 Å². The first-order valence-electron chi connectivity index (χ1n) is 7.56. The minimum absolute atomic E-state index is 0.148. The molecule has 1 amide bonds. The van der Waals surface area contributed by atoms with Crippen LogP contribution in [0.1, 0.15) is 40.3 Å². The number of hydrogen-bond donors (Lipinski definition) is 1. The van der Waals surface area contributed by atoms with Gasteiger partial charge in [-0.1, -0.05) is 30.3 Å². The second-order valence-electron chi connectivity index (χ2n) is 5.71. The molecule has 0 aliphatic carbocycles. The maximum Gasteiger partial charge on any atom is 0.326 e. The molecule has 2 rings (SSSR count). The lowest BCUT2D eigenvalue weighted by Crippen LogP contribution is -2.43. The summed E-state index contributed by atoms with van der Waals surface area (Å²) in [6.07, 6.45) is 1.57. The molecule has 1 heterocycles. The Bertz CT molecular complexity index is 765. The highest BCUT2D eigenvalue weighted by Gasteiger charge is 2.28. The van der Waals surface area contributed by atoms with Gasteiger partial charge in [-0.25, -0.2) is 4.79 Å². The van der Waals surface area contributed by atoms with Crippen molar-refractivity contribution in [2.24, 2.45) is 7.05 Å². The van der Waals surface area contributed by atoms with Gasteiger partial charge in [0.15, 0.2) is 5.78 Å². The lowest BCUT2D eigenvalue weighted by Gasteiger charge is -2.26. The van der Waals surface area contributed by atoms with Crippen molar-refractivity contribution in [3.63, 3.8) is 0 Å². The van der Waals surface area contributed by atoms with Crippen molar-refractivity contribution < 1.29 is 19.5 Å². The number of benzene rings is 1. The van der Waals surface area contributed by atoms with E-state index in [1.807, 2.05) is 30.3 Å². The van der Waals surface area contributed by atoms with E-state index >= 15 is 0 Å². The molecule has 24 heavy (non-hydrogen) atoms. The van der Waals surface area contributed by atoms with Gasteiger partial charge in [0, 0.05) is 25.4 Å². The van der Waals surface area contributed by atoms with Gasteiger partial charge < -0.3 is 14.6 Å². The van der Waals surface area contributed by atoms with E-state index in [-0.39, 0.29) is 18.0 Å². The van der Waals surface area contributed by atoms with Gasteiger partial charge in [-0.3, -0.25) is 9.59 Å². The summed E-state index contributed by atoms with van der Waals surface area (Å²) in [5, 5.41) is 9.33. The van der Waals surface area contributed by atoms with E-state index in [0.717, 1.165) is 5.56 Å². The Hall–Kier alpha value is -2.89. The van der Waals surface area contributed by atoms with Crippen molar-refractivity contribution in [1.82, 2.24) is 9.47 Å². The Morgan fingerprint density at radius 2 is 1.83 bits per heavy atom. The fourth-order valence-corrected chi connectivity index (χ4v) is 2.41. The Balaban J connectivity index is 2.37. The topological polar surface area (TPSA) is 79.6 Å². The lowest BCUT2D eigenvalue weighted by atomic mass is 10.1. The van der Waals surface area contributed by atoms with Crippen molar-refractivity contribution in [2.45, 2.75) is 26.4 Å². The van der Waals surface area contributed by atoms with E-state index in [9.17, 15) is 19.5 Å². The van der Waals surface area contributed by atoms with E-state index < -0.39 is 17.9 Å². The van der Waals surface area contributed by atoms with E-state index in [1.165, 1.54) is 24.8 Å². The van der Waals surface area contributed by atoms with E-state index in [0.29, 0.717) is 5.56 Å². The lowest BCUT2D eigenvalue weighted by molar-refractivity contribution is -0.141. The van der Waals surface area contributed by atoms with Crippen molar-refractivity contribution in [1.29, 1.82) is 0 Å². The van der Waals surface area contributed by atoms with Gasteiger partial charge in [0.25, 0.3) is 5.91 Å². The molecule has 126 valence electrons. The number of carbonyl (C=O) groups is 3. The minimum atomic E-state index is -1.08. The number of nitrogens with zero attached hydrogens (tertiary/aromatic N) is 2. The normalized spacial score (nSPS) is 11.8. The number of carboxylic acids is 1. The first-order chi connectivity index (χ1) is 11.3. The number of Topliss-reactive ketones (excluding diaryl/α,β-unsaturated/α-hetero) is 1. The summed E-state index contributed by atoms with van der Waals surface area (Å²) in [7, 11) is 1.66. The zero-order valence-electron chi connectivity index (χ0n) is 13.9. The van der Waals surface area contributed by atoms with Crippen LogP contribution in [-0.4, -0.2) is 38.3 Å². The molecule has 0 aliphatic rings. The van der Waals surface area contributed by atoms with Gasteiger partial charge in [-0.05, 0) is 25.5 Å². The van der Waals surface area contributed by atoms with Crippen LogP contribution >= 0.6 is 0 Å². The van der Waals surface area contributed by atoms with Crippen LogP contribution < -0.4 is 0 Å². The van der Waals surface area contributed by atoms with Crippen LogP contribution in [0.4, 0.5) is 0 Å². The highest BCUT2D eigenvalue weighted by Crippen LogP contribution is 2.16. The number of carboxylic acid groups (broad SMARTS) is 1. The molecule has 1 aromatic carbocycles. The maximum absolute atomic E-state index is 12.9. The van der Waals surface area contributed by atoms with E-state index in [2.05, 4.69) is 0 Å². The van der Waals surface area contributed by atoms with Gasteiger partial charge in [0.05, 0.1) is 0 Å². The summed E-state index contributed by atoms with van der Waals surface area (Å²) in [5.41, 5.74) is 1.53. The number of hydrogen-bond acceptors (Lipinski definition) is 3. The largest absolute Gasteiger partial charge is 0.480 e. The second-order valence-corrected chi connectivity index (χ2v) is 5.71. The van der Waals surface area contributed by atoms with Gasteiger partial charge in [0.2, 0.25) is 0 Å². The third-order valence-corrected chi connectivity index (χ3v) is 3.91. The predicted octanol–water partition coefficient (Wildman–Crippen LogP) is 2.34. The average molecular weight is 328 g/mol. The van der Waals surface area contributed by atoms with Crippen molar-refractivity contribution in [2.75, 3.05) is 0 Å². The van der Waals surface area contributed by atoms with Crippen molar-refractivity contribution in [3.05, 3.63) is 59.4 Å². The number of rotatable bonds is 6. The Kier molecular flexibility index (Phi) is 5.18. The summed E-state index contributed by atoms with van der Waals surface area (Å²) < 4.78 is 1.55. The highest BCUT2D eigenvalue weighted by molar-refractivity contribution is 6.00. The quantitative estimate of drug-likeness (QED) is 0.826. The second kappa shape index (κ2) is 7.12. The van der Waals surface area contributed by atoms with Gasteiger partial charge in [-0.15, -0.1) is 0 Å². The smallest absolute Gasteiger partial charge is 0.326 e. The standard InChI is InChI=1S/C18H20N2O4/c1-12(18(23)24)20(10-14-7-5-4-6-8-14)17(22)16-9-15(13(2)21)11-19(16)3/h4-9,11-12H,10H2,1-3H3,(H,23,24). The number of aryl methyl sites for hydroxylation is 1. The highest BCUT2D eigenvalue weighted by atomic mass is 16.4. The molecule has 0 radical (unpaired) electrons. The minimum Gasteiger partial charge on any atom is -0.480 e. The molecule has 0 saturated heterocycles. The molecule has 0 bridgehead atoms. The molecule has 1 unspecified atom stereocenters. The Morgan fingerprint density at radius 1 is 1.21 bits per heavy atom. The summed E-state index contributed by atoms with van der Waals surface area (Å²) in [4.78, 5) is 37.1. The fourth-order valence-electron chi connectivity index (χ4n) is 2.41. The monoisotopic (exact) mass is 328 g/mol. The maximum atomic E-state index is 12.9. The molecule has 0 fully saturated rings. The third-order valence-electron chi connectivity index (χ3n) is 3.91. The van der Waals surface area contributed by atoms with Crippen LogP contribution in [0.3, 0.4) is 0 Å². The average Bonchev–Trinajstić information content (AvgIpc) is 2.94. The van der Waals surface area contributed by atoms with Crippen LogP contribution in [0.25, 0.3) is 0 Å². The molecule has 0 saturated carbocycles. The number of aromatic nitrogens is 1. The fraction of sp³-hybridized carbons (Fsp3) is 0.278. The predicted molar refractivity (Wildman–Crippen MR) is 88.8 cm³/mol. The van der Waals surface area contributed by atoms with Crippen molar-refractivity contribution >= 4 is 17.7 Å². The SMILES string of the molecule is CC(=O)c1cc(C(=O)N(Cc2ccccc2)C(C)C(=O)O)n(C)c1. The Morgan fingerprint density at radius 3 is 2.33 bits per heavy atom. The zero-order valence-corrected chi connectivity index (χ0v) is 13.9. The molecule has 6 heteroatoms. The molecule has 1 N–H and O–H groups in total. The third kappa shape index (κ3) is 3.71. The number of ketones is 1. The molecule has 0 aliphatic heterocycles. The van der Waals surface area contributed by atoms with Crippen LogP contribution in [-0.2, 0) is 18.4 Å². The summed E-state index contributed by atoms with van der Waals surface area (Å²) in [6.45, 7) is 3.07. The number of amides is 1. The van der Waals surface area contributed by atoms with E-state index in [4.69, 9.17) is 0 Å². The zero-order chi connectivity index (χ0) is 17.9. The molecule has 1 atom stereocenters. The first-order valence-corrected chi connectivity index (χ1v) is 7.56. The molecule has 1 aromatic heterocycles.